The molecule has 4 aromatic heterocycles. The number of nitrogens with zero attached hydrogens (tertiary/aromatic N) is 5. The summed E-state index contributed by atoms with van der Waals surface area (Å²) >= 11 is 0. The summed E-state index contributed by atoms with van der Waals surface area (Å²) in [6.45, 7) is 0. The minimum absolute atomic E-state index is 0.542. The first-order valence-electron chi connectivity index (χ1n) is 18.5. The maximum absolute atomic E-state index is 6.26. The molecule has 6 heteroatoms. The Bertz CT molecular complexity index is 3620. The van der Waals surface area contributed by atoms with Crippen molar-refractivity contribution in [3.05, 3.63) is 164 Å². The Morgan fingerprint density at radius 1 is 0.436 bits per heavy atom. The van der Waals surface area contributed by atoms with Crippen molar-refractivity contribution in [3.63, 3.8) is 0 Å². The first-order valence-corrected chi connectivity index (χ1v) is 18.5. The zero-order chi connectivity index (χ0) is 35.8. The Labute approximate surface area is 313 Å². The van der Waals surface area contributed by atoms with Gasteiger partial charge in [-0.15, -0.1) is 5.10 Å². The topological polar surface area (TPSA) is 61.1 Å². The third kappa shape index (κ3) is 3.89. The number of fused-ring (bicyclic) bond motifs is 9. The van der Waals surface area contributed by atoms with Gasteiger partial charge in [-0.3, -0.25) is 0 Å². The van der Waals surface area contributed by atoms with E-state index in [4.69, 9.17) is 19.5 Å². The van der Waals surface area contributed by atoms with Gasteiger partial charge in [-0.2, -0.15) is 9.50 Å². The zero-order valence-electron chi connectivity index (χ0n) is 29.2. The van der Waals surface area contributed by atoms with Crippen LogP contribution in [0.5, 0.6) is 0 Å². The second kappa shape index (κ2) is 10.5. The van der Waals surface area contributed by atoms with Crippen LogP contribution < -0.4 is 0 Å². The molecule has 4 heterocycles. The highest BCUT2D eigenvalue weighted by Crippen LogP contribution is 2.49. The second-order valence-electron chi connectivity index (χ2n) is 14.4. The summed E-state index contributed by atoms with van der Waals surface area (Å²) in [6, 6.07) is 58.0. The molecule has 0 amide bonds. The van der Waals surface area contributed by atoms with Crippen molar-refractivity contribution in [3.8, 4) is 50.6 Å². The molecule has 0 atom stereocenters. The van der Waals surface area contributed by atoms with Crippen LogP contribution in [0, 0.1) is 0 Å². The van der Waals surface area contributed by atoms with Gasteiger partial charge in [0, 0.05) is 43.7 Å². The van der Waals surface area contributed by atoms with Gasteiger partial charge in [0.2, 0.25) is 0 Å². The molecule has 0 saturated carbocycles. The van der Waals surface area contributed by atoms with E-state index >= 15 is 0 Å². The summed E-state index contributed by atoms with van der Waals surface area (Å²) < 4.78 is 10.5. The largest absolute Gasteiger partial charge is 0.456 e. The monoisotopic (exact) mass is 701 g/mol. The van der Waals surface area contributed by atoms with Crippen molar-refractivity contribution in [1.82, 2.24) is 24.1 Å². The lowest BCUT2D eigenvalue weighted by molar-refractivity contribution is 0.669. The number of hydrogen-bond acceptors (Lipinski definition) is 4. The molecular formula is C49H27N5O. The average molecular weight is 702 g/mol. The lowest BCUT2D eigenvalue weighted by atomic mass is 9.93. The van der Waals surface area contributed by atoms with E-state index in [9.17, 15) is 0 Å². The number of rotatable bonds is 3. The molecule has 0 spiro atoms. The third-order valence-electron chi connectivity index (χ3n) is 11.5. The van der Waals surface area contributed by atoms with Gasteiger partial charge in [-0.25, -0.2) is 4.98 Å². The standard InChI is InChI=1S/C49H27N5O/c1-2-14-33-32(13-1)36-17-8-10-28-23-25-41-46(44(28)36)45-37(33)18-9-20-40(45)53(41)31-12-7-11-30(26-31)48-51-49-50-47(38-16-3-5-19-39(38)54(49)52-48)29-22-24-35-34-15-4-6-21-42(34)55-43(35)27-29/h1-27H. The lowest BCUT2D eigenvalue weighted by Crippen LogP contribution is -1.97. The van der Waals surface area contributed by atoms with E-state index in [2.05, 4.69) is 138 Å². The number of furan rings is 1. The first kappa shape index (κ1) is 28.9. The summed E-state index contributed by atoms with van der Waals surface area (Å²) in [5.41, 5.74) is 13.8. The van der Waals surface area contributed by atoms with Crippen LogP contribution in [-0.2, 0) is 0 Å². The average Bonchev–Trinajstić information content (AvgIpc) is 3.92. The van der Waals surface area contributed by atoms with Gasteiger partial charge in [0.15, 0.2) is 5.82 Å². The fourth-order valence-electron chi connectivity index (χ4n) is 9.16. The second-order valence-corrected chi connectivity index (χ2v) is 14.4. The van der Waals surface area contributed by atoms with E-state index in [0.29, 0.717) is 11.6 Å². The molecular weight excluding hydrogens is 675 g/mol. The predicted octanol–water partition coefficient (Wildman–Crippen LogP) is 12.4. The van der Waals surface area contributed by atoms with E-state index in [1.165, 1.54) is 54.8 Å². The van der Waals surface area contributed by atoms with E-state index < -0.39 is 0 Å². The van der Waals surface area contributed by atoms with Gasteiger partial charge in [-0.05, 0) is 81.6 Å². The lowest BCUT2D eigenvalue weighted by Gasteiger charge is -2.14. The molecule has 12 aromatic rings. The molecule has 0 bridgehead atoms. The van der Waals surface area contributed by atoms with Crippen molar-refractivity contribution >= 4 is 71.2 Å². The molecule has 254 valence electrons. The van der Waals surface area contributed by atoms with Gasteiger partial charge in [0.25, 0.3) is 5.78 Å². The van der Waals surface area contributed by atoms with Crippen LogP contribution in [0.4, 0.5) is 0 Å². The zero-order valence-corrected chi connectivity index (χ0v) is 29.2. The van der Waals surface area contributed by atoms with E-state index in [1.807, 2.05) is 34.8 Å². The highest BCUT2D eigenvalue weighted by molar-refractivity contribution is 6.30. The molecule has 8 aromatic carbocycles. The van der Waals surface area contributed by atoms with Crippen molar-refractivity contribution in [2.45, 2.75) is 0 Å². The molecule has 13 rings (SSSR count). The summed E-state index contributed by atoms with van der Waals surface area (Å²) in [6.07, 6.45) is 0. The van der Waals surface area contributed by atoms with Gasteiger partial charge in [0.1, 0.15) is 11.2 Å². The first-order chi connectivity index (χ1) is 27.3. The minimum Gasteiger partial charge on any atom is -0.456 e. The predicted molar refractivity (Wildman–Crippen MR) is 223 cm³/mol. The van der Waals surface area contributed by atoms with Gasteiger partial charge in [0.05, 0.1) is 22.2 Å². The summed E-state index contributed by atoms with van der Waals surface area (Å²) in [7, 11) is 0. The maximum atomic E-state index is 6.26. The number of aromatic nitrogens is 5. The number of hydrogen-bond donors (Lipinski definition) is 0. The normalized spacial score (nSPS) is 12.4. The van der Waals surface area contributed by atoms with Gasteiger partial charge in [-0.1, -0.05) is 115 Å². The fourth-order valence-corrected chi connectivity index (χ4v) is 9.16. The van der Waals surface area contributed by atoms with Crippen molar-refractivity contribution in [2.24, 2.45) is 0 Å². The highest BCUT2D eigenvalue weighted by Gasteiger charge is 2.25. The summed E-state index contributed by atoms with van der Waals surface area (Å²) in [5, 5.41) is 13.4. The molecule has 1 aliphatic carbocycles. The van der Waals surface area contributed by atoms with Crippen LogP contribution in [0.25, 0.3) is 122 Å². The molecule has 0 aliphatic heterocycles. The van der Waals surface area contributed by atoms with Crippen LogP contribution >= 0.6 is 0 Å². The molecule has 0 radical (unpaired) electrons. The Morgan fingerprint density at radius 3 is 2.05 bits per heavy atom. The molecule has 6 nitrogen and oxygen atoms in total. The van der Waals surface area contributed by atoms with Crippen LogP contribution in [0.3, 0.4) is 0 Å². The molecule has 1 aliphatic rings. The smallest absolute Gasteiger partial charge is 0.253 e. The maximum Gasteiger partial charge on any atom is 0.253 e. The summed E-state index contributed by atoms with van der Waals surface area (Å²) in [5.74, 6) is 1.16. The van der Waals surface area contributed by atoms with Crippen LogP contribution in [-0.4, -0.2) is 24.1 Å². The Kier molecular flexibility index (Phi) is 5.54. The third-order valence-corrected chi connectivity index (χ3v) is 11.5. The Hall–Kier alpha value is -7.57. The van der Waals surface area contributed by atoms with Crippen LogP contribution in [0.1, 0.15) is 0 Å². The molecule has 55 heavy (non-hydrogen) atoms. The summed E-state index contributed by atoms with van der Waals surface area (Å²) in [4.78, 5) is 10.2. The molecule has 0 unspecified atom stereocenters. The highest BCUT2D eigenvalue weighted by atomic mass is 16.3. The van der Waals surface area contributed by atoms with Crippen molar-refractivity contribution in [2.75, 3.05) is 0 Å². The minimum atomic E-state index is 0.542. The number of benzene rings is 8. The van der Waals surface area contributed by atoms with Crippen LogP contribution in [0.2, 0.25) is 0 Å². The quantitative estimate of drug-likeness (QED) is 0.184. The SMILES string of the molecule is c1cc(-c2nc3nc(-c4ccc5c(c4)oc4ccccc45)c4ccccc4n3n2)cc(-n2c3cccc4c3c3c5c(cccc5ccc32)-c2ccccc2-4)c1. The molecule has 0 N–H and O–H groups in total. The molecule has 0 saturated heterocycles. The van der Waals surface area contributed by atoms with Gasteiger partial charge < -0.3 is 8.98 Å². The van der Waals surface area contributed by atoms with E-state index in [1.54, 1.807) is 0 Å². The van der Waals surface area contributed by atoms with Crippen molar-refractivity contribution in [1.29, 1.82) is 0 Å². The van der Waals surface area contributed by atoms with Crippen LogP contribution in [0.15, 0.2) is 168 Å². The fraction of sp³-hybridized carbons (Fsp3) is 0. The molecule has 0 fully saturated rings. The van der Waals surface area contributed by atoms with E-state index in [-0.39, 0.29) is 0 Å². The Morgan fingerprint density at radius 2 is 1.15 bits per heavy atom. The van der Waals surface area contributed by atoms with Crippen molar-refractivity contribution < 1.29 is 4.42 Å². The number of para-hydroxylation sites is 2. The van der Waals surface area contributed by atoms with E-state index in [0.717, 1.165) is 55.3 Å². The van der Waals surface area contributed by atoms with Gasteiger partial charge >= 0.3 is 0 Å². The Balaban J connectivity index is 1.01.